The second kappa shape index (κ2) is 9.33. The van der Waals surface area contributed by atoms with Crippen LogP contribution in [0.25, 0.3) is 0 Å². The van der Waals surface area contributed by atoms with E-state index in [1.54, 1.807) is 0 Å². The van der Waals surface area contributed by atoms with Crippen molar-refractivity contribution in [1.82, 2.24) is 10.2 Å². The Hall–Kier alpha value is -1.65. The summed E-state index contributed by atoms with van der Waals surface area (Å²) in [7, 11) is 0. The molecule has 0 saturated carbocycles. The van der Waals surface area contributed by atoms with Gasteiger partial charge in [-0.15, -0.1) is 11.3 Å². The molecule has 3 nitrogen and oxygen atoms in total. The van der Waals surface area contributed by atoms with Gasteiger partial charge in [0.1, 0.15) is 0 Å². The molecule has 1 saturated heterocycles. The monoisotopic (exact) mass is 370 g/mol. The molecule has 1 aromatic carbocycles. The summed E-state index contributed by atoms with van der Waals surface area (Å²) in [5, 5.41) is 4.92. The molecule has 1 aliphatic heterocycles. The van der Waals surface area contributed by atoms with Crippen molar-refractivity contribution in [2.75, 3.05) is 19.6 Å². The maximum atomic E-state index is 11.9. The minimum absolute atomic E-state index is 0.0318. The van der Waals surface area contributed by atoms with Crippen LogP contribution in [0.3, 0.4) is 0 Å². The van der Waals surface area contributed by atoms with Crippen molar-refractivity contribution in [2.24, 2.45) is 5.92 Å². The SMILES string of the molecule is CC(C)N1CCC(Cc2ccc(CCNC(=O)c3cccs3)cc2)CC1. The minimum Gasteiger partial charge on any atom is -0.351 e. The molecule has 1 amide bonds. The number of hydrogen-bond acceptors (Lipinski definition) is 3. The highest BCUT2D eigenvalue weighted by Crippen LogP contribution is 2.23. The van der Waals surface area contributed by atoms with Gasteiger partial charge in [0.2, 0.25) is 0 Å². The summed E-state index contributed by atoms with van der Waals surface area (Å²) in [6.07, 6.45) is 4.70. The van der Waals surface area contributed by atoms with Crippen LogP contribution < -0.4 is 5.32 Å². The van der Waals surface area contributed by atoms with Crippen LogP contribution in [0.15, 0.2) is 41.8 Å². The van der Waals surface area contributed by atoms with Crippen molar-refractivity contribution < 1.29 is 4.79 Å². The van der Waals surface area contributed by atoms with Crippen LogP contribution in [0.4, 0.5) is 0 Å². The number of hydrogen-bond donors (Lipinski definition) is 1. The van der Waals surface area contributed by atoms with Crippen LogP contribution >= 0.6 is 11.3 Å². The van der Waals surface area contributed by atoms with Crippen molar-refractivity contribution in [2.45, 2.75) is 45.6 Å². The number of piperidine rings is 1. The lowest BCUT2D eigenvalue weighted by Crippen LogP contribution is -2.38. The van der Waals surface area contributed by atoms with E-state index in [0.717, 1.165) is 17.2 Å². The quantitative estimate of drug-likeness (QED) is 0.784. The Labute approximate surface area is 161 Å². The van der Waals surface area contributed by atoms with Crippen LogP contribution in [-0.2, 0) is 12.8 Å². The number of nitrogens with one attached hydrogen (secondary N) is 1. The van der Waals surface area contributed by atoms with Crippen molar-refractivity contribution in [3.05, 3.63) is 57.8 Å². The molecule has 0 aliphatic carbocycles. The van der Waals surface area contributed by atoms with Crippen LogP contribution in [0, 0.1) is 5.92 Å². The summed E-state index contributed by atoms with van der Waals surface area (Å²) in [6.45, 7) is 7.75. The lowest BCUT2D eigenvalue weighted by atomic mass is 9.89. The smallest absolute Gasteiger partial charge is 0.261 e. The molecule has 4 heteroatoms. The molecule has 140 valence electrons. The van der Waals surface area contributed by atoms with Crippen molar-refractivity contribution >= 4 is 17.2 Å². The van der Waals surface area contributed by atoms with Crippen LogP contribution in [-0.4, -0.2) is 36.5 Å². The normalized spacial score (nSPS) is 16.1. The van der Waals surface area contributed by atoms with Gasteiger partial charge in [0, 0.05) is 12.6 Å². The molecule has 1 aromatic heterocycles. The summed E-state index contributed by atoms with van der Waals surface area (Å²) in [6, 6.07) is 13.4. The van der Waals surface area contributed by atoms with E-state index in [1.165, 1.54) is 54.8 Å². The zero-order valence-corrected chi connectivity index (χ0v) is 16.7. The Bertz CT molecular complexity index is 671. The molecule has 3 rings (SSSR count). The summed E-state index contributed by atoms with van der Waals surface area (Å²) in [5.74, 6) is 0.852. The van der Waals surface area contributed by atoms with E-state index in [9.17, 15) is 4.79 Å². The number of amides is 1. The Morgan fingerprint density at radius 3 is 2.46 bits per heavy atom. The van der Waals surface area contributed by atoms with Gasteiger partial charge >= 0.3 is 0 Å². The zero-order chi connectivity index (χ0) is 18.4. The zero-order valence-electron chi connectivity index (χ0n) is 15.9. The number of carbonyl (C=O) groups excluding carboxylic acids is 1. The summed E-state index contributed by atoms with van der Waals surface area (Å²) >= 11 is 1.48. The molecular formula is C22H30N2OS. The predicted octanol–water partition coefficient (Wildman–Crippen LogP) is 4.38. The highest BCUT2D eigenvalue weighted by atomic mass is 32.1. The fourth-order valence-electron chi connectivity index (χ4n) is 3.66. The van der Waals surface area contributed by atoms with E-state index in [2.05, 4.69) is 48.3 Å². The van der Waals surface area contributed by atoms with Gasteiger partial charge in [0.15, 0.2) is 0 Å². The summed E-state index contributed by atoms with van der Waals surface area (Å²) in [4.78, 5) is 15.3. The Kier molecular flexibility index (Phi) is 6.86. The highest BCUT2D eigenvalue weighted by Gasteiger charge is 2.20. The molecular weight excluding hydrogens is 340 g/mol. The molecule has 2 aromatic rings. The topological polar surface area (TPSA) is 32.3 Å². The van der Waals surface area contributed by atoms with Crippen LogP contribution in [0.2, 0.25) is 0 Å². The van der Waals surface area contributed by atoms with Gasteiger partial charge in [-0.3, -0.25) is 4.79 Å². The van der Waals surface area contributed by atoms with Gasteiger partial charge in [0.05, 0.1) is 4.88 Å². The standard InChI is InChI=1S/C22H30N2OS/c1-17(2)24-13-10-20(11-14-24)16-19-7-5-18(6-8-19)9-12-23-22(25)21-4-3-15-26-21/h3-8,15,17,20H,9-14,16H2,1-2H3,(H,23,25). The molecule has 1 fully saturated rings. The van der Waals surface area contributed by atoms with Crippen LogP contribution in [0.1, 0.15) is 47.5 Å². The Morgan fingerprint density at radius 1 is 1.15 bits per heavy atom. The lowest BCUT2D eigenvalue weighted by Gasteiger charge is -2.34. The first-order valence-electron chi connectivity index (χ1n) is 9.75. The minimum atomic E-state index is 0.0318. The van der Waals surface area contributed by atoms with Gasteiger partial charge in [-0.2, -0.15) is 0 Å². The average Bonchev–Trinajstić information content (AvgIpc) is 3.18. The summed E-state index contributed by atoms with van der Waals surface area (Å²) in [5.41, 5.74) is 2.73. The van der Waals surface area contributed by atoms with Gasteiger partial charge in [0.25, 0.3) is 5.91 Å². The fraction of sp³-hybridized carbons (Fsp3) is 0.500. The Balaban J connectivity index is 1.40. The molecule has 1 aliphatic rings. The largest absolute Gasteiger partial charge is 0.351 e. The maximum Gasteiger partial charge on any atom is 0.261 e. The molecule has 0 unspecified atom stereocenters. The Morgan fingerprint density at radius 2 is 1.85 bits per heavy atom. The van der Waals surface area contributed by atoms with Crippen LogP contribution in [0.5, 0.6) is 0 Å². The number of nitrogens with zero attached hydrogens (tertiary/aromatic N) is 1. The highest BCUT2D eigenvalue weighted by molar-refractivity contribution is 7.12. The lowest BCUT2D eigenvalue weighted by molar-refractivity contribution is 0.0958. The number of carbonyl (C=O) groups is 1. The third-order valence-electron chi connectivity index (χ3n) is 5.37. The molecule has 26 heavy (non-hydrogen) atoms. The fourth-order valence-corrected chi connectivity index (χ4v) is 4.30. The molecule has 0 spiro atoms. The number of rotatable bonds is 7. The molecule has 2 heterocycles. The number of benzene rings is 1. The van der Waals surface area contributed by atoms with Gasteiger partial charge in [-0.25, -0.2) is 0 Å². The van der Waals surface area contributed by atoms with E-state index in [-0.39, 0.29) is 5.91 Å². The first-order chi connectivity index (χ1) is 12.6. The second-order valence-electron chi connectivity index (χ2n) is 7.58. The molecule has 0 atom stereocenters. The van der Waals surface area contributed by atoms with Crippen molar-refractivity contribution in [3.8, 4) is 0 Å². The third kappa shape index (κ3) is 5.42. The first-order valence-corrected chi connectivity index (χ1v) is 10.6. The van der Waals surface area contributed by atoms with Crippen molar-refractivity contribution in [1.29, 1.82) is 0 Å². The van der Waals surface area contributed by atoms with E-state index < -0.39 is 0 Å². The van der Waals surface area contributed by atoms with Gasteiger partial charge in [-0.05, 0) is 81.1 Å². The maximum absolute atomic E-state index is 11.9. The first kappa shape index (κ1) is 19.1. The number of likely N-dealkylation sites (tertiary alicyclic amines) is 1. The molecule has 0 bridgehead atoms. The van der Waals surface area contributed by atoms with E-state index in [4.69, 9.17) is 0 Å². The second-order valence-corrected chi connectivity index (χ2v) is 8.52. The van der Waals surface area contributed by atoms with E-state index in [0.29, 0.717) is 12.6 Å². The predicted molar refractivity (Wildman–Crippen MR) is 110 cm³/mol. The molecule has 0 radical (unpaired) electrons. The molecule has 1 N–H and O–H groups in total. The van der Waals surface area contributed by atoms with E-state index >= 15 is 0 Å². The third-order valence-corrected chi connectivity index (χ3v) is 6.24. The van der Waals surface area contributed by atoms with Gasteiger partial charge in [-0.1, -0.05) is 30.3 Å². The van der Waals surface area contributed by atoms with E-state index in [1.807, 2.05) is 17.5 Å². The van der Waals surface area contributed by atoms with Crippen molar-refractivity contribution in [3.63, 3.8) is 0 Å². The number of thiophene rings is 1. The average molecular weight is 371 g/mol. The summed E-state index contributed by atoms with van der Waals surface area (Å²) < 4.78 is 0. The van der Waals surface area contributed by atoms with Gasteiger partial charge < -0.3 is 10.2 Å².